The summed E-state index contributed by atoms with van der Waals surface area (Å²) >= 11 is 0. The number of morpholine rings is 1. The number of nitrogens with zero attached hydrogens (tertiary/aromatic N) is 6. The van der Waals surface area contributed by atoms with Gasteiger partial charge in [0.15, 0.2) is 29.0 Å². The molecule has 0 bridgehead atoms. The highest BCUT2D eigenvalue weighted by atomic mass is 19.1. The second-order valence-electron chi connectivity index (χ2n) is 5.85. The van der Waals surface area contributed by atoms with E-state index in [4.69, 9.17) is 15.1 Å². The van der Waals surface area contributed by atoms with Crippen LogP contribution in [0.3, 0.4) is 0 Å². The summed E-state index contributed by atoms with van der Waals surface area (Å²) in [6.45, 7) is 0.709. The Morgan fingerprint density at radius 3 is 2.96 bits per heavy atom. The lowest BCUT2D eigenvalue weighted by Crippen LogP contribution is -2.60. The predicted octanol–water partition coefficient (Wildman–Crippen LogP) is -0.760. The van der Waals surface area contributed by atoms with Gasteiger partial charge in [-0.15, -0.1) is 10.2 Å². The number of hydrogen-bond donors (Lipinski definition) is 2. The standard InChI is InChI=1S/C15H13FN6O5/c1-15(26,14(24)25)11-13(23)21(2-3-27-11)12-10(16)7-22(20-12)9-4-8(5-17)19-18-6-9/h4,6-7,11,26H,2-3H2,1H3,(H,24,25)/t11-,15?/m0/s1. The van der Waals surface area contributed by atoms with E-state index in [1.165, 1.54) is 12.3 Å². The van der Waals surface area contributed by atoms with E-state index in [-0.39, 0.29) is 30.4 Å². The molecular formula is C15H13FN6O5. The quantitative estimate of drug-likeness (QED) is 0.700. The van der Waals surface area contributed by atoms with E-state index < -0.39 is 29.4 Å². The molecule has 2 aromatic heterocycles. The average Bonchev–Trinajstić information content (AvgIpc) is 3.03. The van der Waals surface area contributed by atoms with Crippen LogP contribution < -0.4 is 4.90 Å². The maximum atomic E-state index is 14.4. The van der Waals surface area contributed by atoms with Gasteiger partial charge >= 0.3 is 5.97 Å². The number of aliphatic hydroxyl groups is 1. The SMILES string of the molecule is CC(O)(C(=O)O)[C@H]1OCCN(c2nn(-c3cnnc(C#N)c3)cc2F)C1=O. The molecule has 140 valence electrons. The highest BCUT2D eigenvalue weighted by Gasteiger charge is 2.49. The number of carboxylic acid groups (broad SMARTS) is 1. The number of aromatic nitrogens is 4. The molecule has 3 rings (SSSR count). The van der Waals surface area contributed by atoms with Crippen molar-refractivity contribution in [3.63, 3.8) is 0 Å². The normalized spacial score (nSPS) is 19.4. The highest BCUT2D eigenvalue weighted by molar-refractivity contribution is 6.00. The summed E-state index contributed by atoms with van der Waals surface area (Å²) in [5.74, 6) is -3.83. The van der Waals surface area contributed by atoms with E-state index in [1.807, 2.05) is 0 Å². The smallest absolute Gasteiger partial charge is 0.338 e. The van der Waals surface area contributed by atoms with Crippen molar-refractivity contribution in [2.24, 2.45) is 0 Å². The van der Waals surface area contributed by atoms with Gasteiger partial charge in [-0.25, -0.2) is 13.9 Å². The number of anilines is 1. The van der Waals surface area contributed by atoms with Crippen molar-refractivity contribution in [1.82, 2.24) is 20.0 Å². The molecule has 1 aliphatic heterocycles. The molecule has 11 nitrogen and oxygen atoms in total. The van der Waals surface area contributed by atoms with Gasteiger partial charge in [-0.2, -0.15) is 10.4 Å². The van der Waals surface area contributed by atoms with Gasteiger partial charge in [0.05, 0.1) is 31.2 Å². The summed E-state index contributed by atoms with van der Waals surface area (Å²) in [6.07, 6.45) is 0.498. The largest absolute Gasteiger partial charge is 0.479 e. The Kier molecular flexibility index (Phi) is 4.56. The molecule has 27 heavy (non-hydrogen) atoms. The maximum Gasteiger partial charge on any atom is 0.338 e. The maximum absolute atomic E-state index is 14.4. The first kappa shape index (κ1) is 18.4. The predicted molar refractivity (Wildman–Crippen MR) is 84.2 cm³/mol. The first-order valence-corrected chi connectivity index (χ1v) is 7.63. The van der Waals surface area contributed by atoms with Crippen LogP contribution in [0.2, 0.25) is 0 Å². The molecule has 2 N–H and O–H groups in total. The third-order valence-corrected chi connectivity index (χ3v) is 3.96. The van der Waals surface area contributed by atoms with Crippen molar-refractivity contribution < 1.29 is 28.9 Å². The lowest BCUT2D eigenvalue weighted by molar-refractivity contribution is -0.180. The van der Waals surface area contributed by atoms with E-state index in [9.17, 15) is 19.1 Å². The van der Waals surface area contributed by atoms with Crippen molar-refractivity contribution in [2.75, 3.05) is 18.1 Å². The molecule has 1 unspecified atom stereocenters. The fourth-order valence-corrected chi connectivity index (χ4v) is 2.51. The molecule has 0 radical (unpaired) electrons. The van der Waals surface area contributed by atoms with Gasteiger partial charge in [0, 0.05) is 6.07 Å². The molecule has 0 saturated carbocycles. The van der Waals surface area contributed by atoms with Crippen LogP contribution in [0.15, 0.2) is 18.5 Å². The molecule has 3 heterocycles. The minimum absolute atomic E-state index is 0.00928. The molecule has 1 amide bonds. The summed E-state index contributed by atoms with van der Waals surface area (Å²) in [5.41, 5.74) is -2.27. The number of ether oxygens (including phenoxy) is 1. The minimum Gasteiger partial charge on any atom is -0.479 e. The molecule has 2 aromatic rings. The Morgan fingerprint density at radius 1 is 1.56 bits per heavy atom. The molecule has 2 atom stereocenters. The number of nitriles is 1. The van der Waals surface area contributed by atoms with Crippen LogP contribution in [0.1, 0.15) is 12.6 Å². The Bertz CT molecular complexity index is 952. The van der Waals surface area contributed by atoms with Crippen molar-refractivity contribution in [3.05, 3.63) is 30.0 Å². The van der Waals surface area contributed by atoms with Gasteiger partial charge in [-0.1, -0.05) is 0 Å². The van der Waals surface area contributed by atoms with Crippen LogP contribution in [0.5, 0.6) is 0 Å². The van der Waals surface area contributed by atoms with Crippen molar-refractivity contribution >= 4 is 17.7 Å². The van der Waals surface area contributed by atoms with Gasteiger partial charge in [0.25, 0.3) is 5.91 Å². The first-order chi connectivity index (χ1) is 12.8. The summed E-state index contributed by atoms with van der Waals surface area (Å²) in [5, 5.41) is 39.1. The van der Waals surface area contributed by atoms with Gasteiger partial charge in [-0.3, -0.25) is 9.69 Å². The lowest BCUT2D eigenvalue weighted by atomic mass is 9.97. The zero-order valence-corrected chi connectivity index (χ0v) is 13.9. The van der Waals surface area contributed by atoms with E-state index in [0.717, 1.165) is 22.7 Å². The minimum atomic E-state index is -2.49. The van der Waals surface area contributed by atoms with Crippen molar-refractivity contribution in [2.45, 2.75) is 18.6 Å². The molecule has 1 fully saturated rings. The van der Waals surface area contributed by atoms with Gasteiger partial charge in [-0.05, 0) is 6.92 Å². The molecule has 1 aliphatic rings. The summed E-state index contributed by atoms with van der Waals surface area (Å²) < 4.78 is 20.6. The van der Waals surface area contributed by atoms with Crippen molar-refractivity contribution in [1.29, 1.82) is 5.26 Å². The molecule has 1 saturated heterocycles. The number of carbonyl (C=O) groups is 2. The zero-order chi connectivity index (χ0) is 19.8. The molecule has 0 aromatic carbocycles. The number of aliphatic carboxylic acids is 1. The van der Waals surface area contributed by atoms with Crippen LogP contribution in [-0.2, 0) is 14.3 Å². The van der Waals surface area contributed by atoms with Gasteiger partial charge in [0.2, 0.25) is 0 Å². The summed E-state index contributed by atoms with van der Waals surface area (Å²) in [4.78, 5) is 24.7. The molecule has 12 heteroatoms. The number of halogens is 1. The fraction of sp³-hybridized carbons (Fsp3) is 0.333. The fourth-order valence-electron chi connectivity index (χ4n) is 2.51. The number of hydrogen-bond acceptors (Lipinski definition) is 8. The lowest BCUT2D eigenvalue weighted by Gasteiger charge is -2.36. The Balaban J connectivity index is 1.95. The molecule has 0 aliphatic carbocycles. The Hall–Kier alpha value is -3.43. The monoisotopic (exact) mass is 376 g/mol. The van der Waals surface area contributed by atoms with Gasteiger partial charge in [0.1, 0.15) is 6.07 Å². The third kappa shape index (κ3) is 3.21. The number of carboxylic acids is 1. The van der Waals surface area contributed by atoms with Crippen LogP contribution in [0.4, 0.5) is 10.2 Å². The molecular weight excluding hydrogens is 363 g/mol. The van der Waals surface area contributed by atoms with E-state index >= 15 is 0 Å². The highest BCUT2D eigenvalue weighted by Crippen LogP contribution is 2.26. The van der Waals surface area contributed by atoms with E-state index in [0.29, 0.717) is 0 Å². The summed E-state index contributed by atoms with van der Waals surface area (Å²) in [6, 6.07) is 3.11. The van der Waals surface area contributed by atoms with Crippen LogP contribution >= 0.6 is 0 Å². The second-order valence-corrected chi connectivity index (χ2v) is 5.85. The number of rotatable bonds is 4. The number of amides is 1. The van der Waals surface area contributed by atoms with Crippen LogP contribution in [-0.4, -0.2) is 66.9 Å². The second kappa shape index (κ2) is 6.71. The van der Waals surface area contributed by atoms with Gasteiger partial charge < -0.3 is 14.9 Å². The van der Waals surface area contributed by atoms with E-state index in [1.54, 1.807) is 6.07 Å². The van der Waals surface area contributed by atoms with Crippen LogP contribution in [0, 0.1) is 17.1 Å². The zero-order valence-electron chi connectivity index (χ0n) is 13.9. The number of carbonyl (C=O) groups excluding carboxylic acids is 1. The third-order valence-electron chi connectivity index (χ3n) is 3.96. The first-order valence-electron chi connectivity index (χ1n) is 7.63. The Labute approximate surface area is 151 Å². The topological polar surface area (TPSA) is 154 Å². The molecule has 0 spiro atoms. The van der Waals surface area contributed by atoms with Crippen molar-refractivity contribution in [3.8, 4) is 11.8 Å². The summed E-state index contributed by atoms with van der Waals surface area (Å²) in [7, 11) is 0. The van der Waals surface area contributed by atoms with Crippen LogP contribution in [0.25, 0.3) is 5.69 Å². The Morgan fingerprint density at radius 2 is 2.30 bits per heavy atom. The van der Waals surface area contributed by atoms with E-state index in [2.05, 4.69) is 15.3 Å². The average molecular weight is 376 g/mol.